The number of alkyl halides is 6. The second-order valence-corrected chi connectivity index (χ2v) is 9.19. The van der Waals surface area contributed by atoms with Crippen LogP contribution in [0.15, 0.2) is 42.5 Å². The molecule has 2 aromatic rings. The summed E-state index contributed by atoms with van der Waals surface area (Å²) in [5.74, 6) is -0.883. The van der Waals surface area contributed by atoms with Crippen molar-refractivity contribution >= 4 is 5.91 Å². The smallest absolute Gasteiger partial charge is 0.370 e. The number of carbonyl (C=O) groups excluding carboxylic acids is 1. The van der Waals surface area contributed by atoms with E-state index in [-0.39, 0.29) is 35.4 Å². The Hall–Kier alpha value is -2.62. The number of ether oxygens (including phenoxy) is 1. The van der Waals surface area contributed by atoms with Crippen molar-refractivity contribution in [1.29, 1.82) is 0 Å². The molecule has 10 heteroatoms. The predicted octanol–water partition coefficient (Wildman–Crippen LogP) is 6.78. The Balaban J connectivity index is 1.64. The summed E-state index contributed by atoms with van der Waals surface area (Å²) in [6.07, 6.45) is -9.38. The number of carbonyl (C=O) groups is 1. The van der Waals surface area contributed by atoms with Crippen LogP contribution in [0.4, 0.5) is 30.7 Å². The molecule has 35 heavy (non-hydrogen) atoms. The summed E-state index contributed by atoms with van der Waals surface area (Å²) in [7, 11) is 0. The van der Waals surface area contributed by atoms with E-state index in [2.05, 4.69) is 5.32 Å². The molecular weight excluding hydrogens is 479 g/mol. The van der Waals surface area contributed by atoms with Crippen LogP contribution in [0.3, 0.4) is 0 Å². The molecule has 0 bridgehead atoms. The summed E-state index contributed by atoms with van der Waals surface area (Å²) in [5, 5.41) is 2.94. The molecule has 1 saturated heterocycles. The highest BCUT2D eigenvalue weighted by molar-refractivity contribution is 5.78. The zero-order valence-corrected chi connectivity index (χ0v) is 18.7. The van der Waals surface area contributed by atoms with Gasteiger partial charge in [0.05, 0.1) is 23.3 Å². The van der Waals surface area contributed by atoms with E-state index in [1.807, 2.05) is 0 Å². The molecule has 1 aliphatic carbocycles. The average Bonchev–Trinajstić information content (AvgIpc) is 3.39. The predicted molar refractivity (Wildman–Crippen MR) is 113 cm³/mol. The lowest BCUT2D eigenvalue weighted by Crippen LogP contribution is -2.36. The molecule has 5 atom stereocenters. The van der Waals surface area contributed by atoms with Gasteiger partial charge in [-0.1, -0.05) is 12.1 Å². The second kappa shape index (κ2) is 9.44. The van der Waals surface area contributed by atoms with Crippen LogP contribution in [0.25, 0.3) is 0 Å². The first-order valence-electron chi connectivity index (χ1n) is 11.3. The van der Waals surface area contributed by atoms with Crippen molar-refractivity contribution in [3.05, 3.63) is 70.5 Å². The third-order valence-corrected chi connectivity index (χ3v) is 6.91. The van der Waals surface area contributed by atoms with Crippen molar-refractivity contribution < 1.29 is 40.3 Å². The van der Waals surface area contributed by atoms with E-state index in [1.165, 1.54) is 19.1 Å². The van der Waals surface area contributed by atoms with Gasteiger partial charge >= 0.3 is 12.4 Å². The minimum absolute atomic E-state index is 0.0589. The summed E-state index contributed by atoms with van der Waals surface area (Å²) in [5.41, 5.74) is -2.29. The molecule has 190 valence electrons. The van der Waals surface area contributed by atoms with Crippen molar-refractivity contribution in [1.82, 2.24) is 5.32 Å². The van der Waals surface area contributed by atoms with Crippen LogP contribution < -0.4 is 5.32 Å². The van der Waals surface area contributed by atoms with Crippen LogP contribution >= 0.6 is 0 Å². The standard InChI is InChI=1S/C25H24F7NO2/c1-13(15-10-16(24(27,28)29)12-17(11-15)25(30,31)32)35-21-8-6-19(20-7-9-22(34)33-20)23(21)14-2-4-18(26)5-3-14/h2-5,10-13,19-21,23H,6-9H2,1H3,(H,33,34)/t13-,19+,20-,21+,23+/m1/s1. The van der Waals surface area contributed by atoms with Crippen molar-refractivity contribution in [2.24, 2.45) is 5.92 Å². The minimum Gasteiger partial charge on any atom is -0.370 e. The Morgan fingerprint density at radius 3 is 2.03 bits per heavy atom. The first kappa shape index (κ1) is 25.5. The third-order valence-electron chi connectivity index (χ3n) is 6.91. The minimum atomic E-state index is -4.95. The molecule has 0 spiro atoms. The van der Waals surface area contributed by atoms with Crippen molar-refractivity contribution in [3.63, 3.8) is 0 Å². The van der Waals surface area contributed by atoms with Crippen LogP contribution in [-0.4, -0.2) is 18.1 Å². The Morgan fingerprint density at radius 2 is 1.51 bits per heavy atom. The van der Waals surface area contributed by atoms with Gasteiger partial charge in [0.2, 0.25) is 5.91 Å². The highest BCUT2D eigenvalue weighted by Crippen LogP contribution is 2.47. The normalized spacial score (nSPS) is 26.1. The van der Waals surface area contributed by atoms with Gasteiger partial charge in [-0.05, 0) is 73.6 Å². The van der Waals surface area contributed by atoms with E-state index in [0.29, 0.717) is 37.8 Å². The number of hydrogen-bond donors (Lipinski definition) is 1. The molecule has 2 aliphatic rings. The first-order chi connectivity index (χ1) is 16.3. The van der Waals surface area contributed by atoms with E-state index >= 15 is 0 Å². The van der Waals surface area contributed by atoms with Crippen molar-refractivity contribution in [2.75, 3.05) is 0 Å². The van der Waals surface area contributed by atoms with Gasteiger partial charge in [0, 0.05) is 18.4 Å². The number of nitrogens with one attached hydrogen (secondary N) is 1. The lowest BCUT2D eigenvalue weighted by atomic mass is 9.82. The lowest BCUT2D eigenvalue weighted by molar-refractivity contribution is -0.143. The number of benzene rings is 2. The summed E-state index contributed by atoms with van der Waals surface area (Å²) in [6, 6.07) is 7.09. The summed E-state index contributed by atoms with van der Waals surface area (Å²) < 4.78 is 99.5. The molecule has 4 rings (SSSR count). The van der Waals surface area contributed by atoms with E-state index in [0.717, 1.165) is 5.56 Å². The van der Waals surface area contributed by atoms with E-state index in [4.69, 9.17) is 4.74 Å². The summed E-state index contributed by atoms with van der Waals surface area (Å²) >= 11 is 0. The molecule has 2 aromatic carbocycles. The summed E-state index contributed by atoms with van der Waals surface area (Å²) in [4.78, 5) is 11.8. The van der Waals surface area contributed by atoms with Crippen molar-refractivity contribution in [3.8, 4) is 0 Å². The van der Waals surface area contributed by atoms with Gasteiger partial charge in [-0.15, -0.1) is 0 Å². The molecular formula is C25H24F7NO2. The topological polar surface area (TPSA) is 38.3 Å². The van der Waals surface area contributed by atoms with Crippen LogP contribution in [0.5, 0.6) is 0 Å². The number of rotatable bonds is 5. The van der Waals surface area contributed by atoms with Gasteiger partial charge < -0.3 is 10.1 Å². The SMILES string of the molecule is C[C@@H](O[C@H]1CC[C@@H]([C@H]2CCC(=O)N2)[C@@H]1c1ccc(F)cc1)c1cc(C(F)(F)F)cc(C(F)(F)F)c1. The van der Waals surface area contributed by atoms with Crippen LogP contribution in [0.2, 0.25) is 0 Å². The molecule has 1 amide bonds. The van der Waals surface area contributed by atoms with Crippen molar-refractivity contribution in [2.45, 2.75) is 69.1 Å². The quantitative estimate of drug-likeness (QED) is 0.457. The number of hydrogen-bond acceptors (Lipinski definition) is 2. The Kier molecular flexibility index (Phi) is 6.87. The zero-order chi connectivity index (χ0) is 25.5. The maximum atomic E-state index is 13.5. The van der Waals surface area contributed by atoms with Crippen LogP contribution in [0, 0.1) is 11.7 Å². The highest BCUT2D eigenvalue weighted by Gasteiger charge is 2.45. The molecule has 1 aliphatic heterocycles. The fourth-order valence-corrected chi connectivity index (χ4v) is 5.26. The monoisotopic (exact) mass is 503 g/mol. The van der Waals surface area contributed by atoms with Gasteiger partial charge in [-0.3, -0.25) is 4.79 Å². The fourth-order valence-electron chi connectivity index (χ4n) is 5.26. The molecule has 1 heterocycles. The molecule has 1 N–H and O–H groups in total. The van der Waals surface area contributed by atoms with Gasteiger partial charge in [-0.2, -0.15) is 26.3 Å². The first-order valence-corrected chi connectivity index (χ1v) is 11.3. The Bertz CT molecular complexity index is 1030. The number of amides is 1. The molecule has 0 unspecified atom stereocenters. The Morgan fingerprint density at radius 1 is 0.914 bits per heavy atom. The van der Waals surface area contributed by atoms with Gasteiger partial charge in [0.1, 0.15) is 5.82 Å². The average molecular weight is 503 g/mol. The lowest BCUT2D eigenvalue weighted by Gasteiger charge is -2.31. The second-order valence-electron chi connectivity index (χ2n) is 9.19. The summed E-state index contributed by atoms with van der Waals surface area (Å²) in [6.45, 7) is 1.42. The van der Waals surface area contributed by atoms with Gasteiger partial charge in [0.25, 0.3) is 0 Å². The molecule has 3 nitrogen and oxygen atoms in total. The molecule has 2 fully saturated rings. The van der Waals surface area contributed by atoms with Crippen LogP contribution in [0.1, 0.15) is 66.9 Å². The van der Waals surface area contributed by atoms with E-state index in [1.54, 1.807) is 12.1 Å². The maximum absolute atomic E-state index is 13.5. The van der Waals surface area contributed by atoms with E-state index in [9.17, 15) is 35.5 Å². The highest BCUT2D eigenvalue weighted by atomic mass is 19.4. The zero-order valence-electron chi connectivity index (χ0n) is 18.7. The molecule has 0 radical (unpaired) electrons. The van der Waals surface area contributed by atoms with Crippen LogP contribution in [-0.2, 0) is 21.9 Å². The molecule has 1 saturated carbocycles. The maximum Gasteiger partial charge on any atom is 0.416 e. The number of halogens is 7. The van der Waals surface area contributed by atoms with E-state index < -0.39 is 41.5 Å². The van der Waals surface area contributed by atoms with Gasteiger partial charge in [0.15, 0.2) is 0 Å². The third kappa shape index (κ3) is 5.63. The largest absolute Gasteiger partial charge is 0.416 e. The Labute approximate surface area is 197 Å². The fraction of sp³-hybridized carbons (Fsp3) is 0.480. The van der Waals surface area contributed by atoms with Gasteiger partial charge in [-0.25, -0.2) is 4.39 Å². The molecule has 0 aromatic heterocycles.